The molecule has 2 N–H and O–H groups in total. The number of carbonyl (C=O) groups excluding carboxylic acids is 1. The summed E-state index contributed by atoms with van der Waals surface area (Å²) in [6, 6.07) is 4.42. The van der Waals surface area contributed by atoms with Crippen LogP contribution in [0.2, 0.25) is 0 Å². The van der Waals surface area contributed by atoms with E-state index in [1.807, 2.05) is 0 Å². The first-order chi connectivity index (χ1) is 8.63. The molecule has 0 aliphatic heterocycles. The number of aryl methyl sites for hydroxylation is 1. The van der Waals surface area contributed by atoms with Crippen LogP contribution in [0.1, 0.15) is 24.8 Å². The smallest absolute Gasteiger partial charge is 0.319 e. The Hall–Kier alpha value is -2.15. The van der Waals surface area contributed by atoms with Crippen molar-refractivity contribution in [1.82, 2.24) is 5.32 Å². The average molecular weight is 245 g/mol. The van der Waals surface area contributed by atoms with E-state index < -0.39 is 0 Å². The molecule has 0 aliphatic rings. The second-order valence-corrected chi connectivity index (χ2v) is 4.02. The zero-order valence-electron chi connectivity index (χ0n) is 10.5. The first-order valence-corrected chi connectivity index (χ1v) is 5.89. The van der Waals surface area contributed by atoms with E-state index in [0.717, 1.165) is 19.3 Å². The Morgan fingerprint density at radius 1 is 1.44 bits per heavy atom. The Bertz CT molecular complexity index is 450. The maximum atomic E-state index is 11.5. The normalized spacial score (nSPS) is 9.56. The molecule has 1 rings (SSSR count). The van der Waals surface area contributed by atoms with E-state index in [0.29, 0.717) is 17.8 Å². The van der Waals surface area contributed by atoms with E-state index >= 15 is 0 Å². The van der Waals surface area contributed by atoms with Crippen molar-refractivity contribution in [3.8, 4) is 18.1 Å². The Balaban J connectivity index is 2.31. The first-order valence-electron chi connectivity index (χ1n) is 5.89. The van der Waals surface area contributed by atoms with E-state index in [2.05, 4.69) is 16.6 Å². The van der Waals surface area contributed by atoms with Gasteiger partial charge in [-0.2, -0.15) is 0 Å². The second-order valence-electron chi connectivity index (χ2n) is 4.02. The predicted molar refractivity (Wildman–Crippen MR) is 70.3 cm³/mol. The lowest BCUT2D eigenvalue weighted by Gasteiger charge is -2.12. The summed E-state index contributed by atoms with van der Waals surface area (Å²) < 4.78 is 0. The zero-order chi connectivity index (χ0) is 13.4. The maximum Gasteiger partial charge on any atom is 0.319 e. The van der Waals surface area contributed by atoms with Gasteiger partial charge in [0.25, 0.3) is 0 Å². The standard InChI is InChI=1S/C14H18N2O2/c1-3-4-5-6-9-15-14(18)16-12-7-8-13(17)11(2)10-12/h1,7-8,10,17H,4-6,9H2,2H3,(H2,15,16,18)/p-1. The SMILES string of the molecule is C#CCCCCNC(=O)Nc1ccc([O-])c(C)c1. The molecule has 2 amide bonds. The highest BCUT2D eigenvalue weighted by Gasteiger charge is 2.00. The van der Waals surface area contributed by atoms with Gasteiger partial charge in [-0.15, -0.1) is 18.1 Å². The molecule has 0 fully saturated rings. The van der Waals surface area contributed by atoms with Gasteiger partial charge in [0.1, 0.15) is 0 Å². The van der Waals surface area contributed by atoms with E-state index in [1.54, 1.807) is 19.1 Å². The van der Waals surface area contributed by atoms with Gasteiger partial charge in [0, 0.05) is 18.7 Å². The molecule has 18 heavy (non-hydrogen) atoms. The predicted octanol–water partition coefficient (Wildman–Crippen LogP) is 1.99. The number of urea groups is 1. The molecule has 4 heteroatoms. The third-order valence-corrected chi connectivity index (χ3v) is 2.47. The van der Waals surface area contributed by atoms with Gasteiger partial charge in [0.15, 0.2) is 0 Å². The number of amides is 2. The van der Waals surface area contributed by atoms with Crippen LogP contribution in [0.4, 0.5) is 10.5 Å². The van der Waals surface area contributed by atoms with Crippen LogP contribution in [-0.2, 0) is 0 Å². The zero-order valence-corrected chi connectivity index (χ0v) is 10.5. The van der Waals surface area contributed by atoms with Crippen molar-refractivity contribution in [2.24, 2.45) is 0 Å². The molecule has 0 aromatic heterocycles. The number of hydrogen-bond donors (Lipinski definition) is 2. The molecule has 96 valence electrons. The fourth-order valence-electron chi connectivity index (χ4n) is 1.46. The second kappa shape index (κ2) is 7.23. The number of unbranched alkanes of at least 4 members (excludes halogenated alkanes) is 2. The van der Waals surface area contributed by atoms with E-state index in [4.69, 9.17) is 6.42 Å². The lowest BCUT2D eigenvalue weighted by molar-refractivity contribution is -0.269. The lowest BCUT2D eigenvalue weighted by atomic mass is 10.2. The van der Waals surface area contributed by atoms with Crippen LogP contribution < -0.4 is 15.7 Å². The summed E-state index contributed by atoms with van der Waals surface area (Å²) in [6.07, 6.45) is 7.61. The minimum Gasteiger partial charge on any atom is -0.872 e. The number of rotatable bonds is 5. The molecule has 0 saturated carbocycles. The van der Waals surface area contributed by atoms with Crippen molar-refractivity contribution in [2.75, 3.05) is 11.9 Å². The van der Waals surface area contributed by atoms with E-state index in [1.165, 1.54) is 6.07 Å². The number of anilines is 1. The maximum absolute atomic E-state index is 11.5. The van der Waals surface area contributed by atoms with Gasteiger partial charge >= 0.3 is 6.03 Å². The summed E-state index contributed by atoms with van der Waals surface area (Å²) in [6.45, 7) is 2.30. The Labute approximate surface area is 107 Å². The summed E-state index contributed by atoms with van der Waals surface area (Å²) in [5.74, 6) is 2.52. The fraction of sp³-hybridized carbons (Fsp3) is 0.357. The summed E-state index contributed by atoms with van der Waals surface area (Å²) in [5.41, 5.74) is 1.23. The van der Waals surface area contributed by atoms with Crippen LogP contribution in [0, 0.1) is 19.3 Å². The highest BCUT2D eigenvalue weighted by atomic mass is 16.3. The number of hydrogen-bond acceptors (Lipinski definition) is 2. The molecule has 0 bridgehead atoms. The first kappa shape index (κ1) is 13.9. The molecule has 0 radical (unpaired) electrons. The molecule has 4 nitrogen and oxygen atoms in total. The van der Waals surface area contributed by atoms with Crippen LogP contribution in [0.15, 0.2) is 18.2 Å². The van der Waals surface area contributed by atoms with Crippen LogP contribution in [-0.4, -0.2) is 12.6 Å². The van der Waals surface area contributed by atoms with Gasteiger partial charge in [-0.1, -0.05) is 11.6 Å². The monoisotopic (exact) mass is 245 g/mol. The summed E-state index contributed by atoms with van der Waals surface area (Å²) in [5, 5.41) is 16.6. The van der Waals surface area contributed by atoms with Gasteiger partial charge in [0.05, 0.1) is 0 Å². The third-order valence-electron chi connectivity index (χ3n) is 2.47. The van der Waals surface area contributed by atoms with Crippen molar-refractivity contribution >= 4 is 11.7 Å². The van der Waals surface area contributed by atoms with Crippen molar-refractivity contribution < 1.29 is 9.90 Å². The van der Waals surface area contributed by atoms with E-state index in [9.17, 15) is 9.90 Å². The Morgan fingerprint density at radius 3 is 2.89 bits per heavy atom. The number of nitrogens with one attached hydrogen (secondary N) is 2. The van der Waals surface area contributed by atoms with Crippen molar-refractivity contribution in [2.45, 2.75) is 26.2 Å². The summed E-state index contributed by atoms with van der Waals surface area (Å²) >= 11 is 0. The molecule has 0 atom stereocenters. The number of carbonyl (C=O) groups is 1. The van der Waals surface area contributed by atoms with E-state index in [-0.39, 0.29) is 11.8 Å². The molecule has 0 heterocycles. The van der Waals surface area contributed by atoms with Gasteiger partial charge in [-0.05, 0) is 31.9 Å². The van der Waals surface area contributed by atoms with Gasteiger partial charge in [-0.25, -0.2) is 4.79 Å². The molecule has 1 aromatic rings. The van der Waals surface area contributed by atoms with Crippen molar-refractivity contribution in [3.05, 3.63) is 23.8 Å². The summed E-state index contributed by atoms with van der Waals surface area (Å²) in [4.78, 5) is 11.5. The van der Waals surface area contributed by atoms with Crippen molar-refractivity contribution in [1.29, 1.82) is 0 Å². The molecule has 0 spiro atoms. The highest BCUT2D eigenvalue weighted by molar-refractivity contribution is 5.89. The quantitative estimate of drug-likeness (QED) is 0.615. The van der Waals surface area contributed by atoms with Gasteiger partial charge in [-0.3, -0.25) is 0 Å². The number of benzene rings is 1. The minimum atomic E-state index is -0.270. The Morgan fingerprint density at radius 2 is 2.22 bits per heavy atom. The van der Waals surface area contributed by atoms with Gasteiger partial charge in [0.2, 0.25) is 0 Å². The molecule has 1 aromatic carbocycles. The van der Waals surface area contributed by atoms with Crippen LogP contribution in [0.3, 0.4) is 0 Å². The molecular formula is C14H17N2O2-. The fourth-order valence-corrected chi connectivity index (χ4v) is 1.46. The lowest BCUT2D eigenvalue weighted by Crippen LogP contribution is -2.29. The highest BCUT2D eigenvalue weighted by Crippen LogP contribution is 2.17. The number of terminal acetylenes is 1. The topological polar surface area (TPSA) is 64.2 Å². The van der Waals surface area contributed by atoms with Gasteiger partial charge < -0.3 is 15.7 Å². The average Bonchev–Trinajstić information content (AvgIpc) is 2.34. The summed E-state index contributed by atoms with van der Waals surface area (Å²) in [7, 11) is 0. The van der Waals surface area contributed by atoms with Crippen molar-refractivity contribution in [3.63, 3.8) is 0 Å². The molecule has 0 saturated heterocycles. The largest absolute Gasteiger partial charge is 0.872 e. The Kier molecular flexibility index (Phi) is 5.59. The molecular weight excluding hydrogens is 228 g/mol. The minimum absolute atomic E-state index is 0.0322. The third kappa shape index (κ3) is 4.79. The van der Waals surface area contributed by atoms with Crippen LogP contribution >= 0.6 is 0 Å². The van der Waals surface area contributed by atoms with Crippen LogP contribution in [0.5, 0.6) is 5.75 Å². The molecule has 0 aliphatic carbocycles. The van der Waals surface area contributed by atoms with Crippen LogP contribution in [0.25, 0.3) is 0 Å². The molecule has 0 unspecified atom stereocenters.